The van der Waals surface area contributed by atoms with E-state index in [0.717, 1.165) is 5.69 Å². The van der Waals surface area contributed by atoms with Gasteiger partial charge >= 0.3 is 6.03 Å². The lowest BCUT2D eigenvalue weighted by atomic mass is 10.1. The normalized spacial score (nSPS) is 10.4. The van der Waals surface area contributed by atoms with Crippen LogP contribution in [0.15, 0.2) is 42.5 Å². The fourth-order valence-corrected chi connectivity index (χ4v) is 2.04. The molecule has 0 unspecified atom stereocenters. The van der Waals surface area contributed by atoms with Crippen LogP contribution in [0, 0.1) is 0 Å². The number of benzene rings is 1. The Bertz CT molecular complexity index is 687. The summed E-state index contributed by atoms with van der Waals surface area (Å²) in [6.07, 6.45) is 0. The SMILES string of the molecule is CC(C)c1ccc(C(=O)NC(=O)Nc2ccccc2)c(Cl)n1. The van der Waals surface area contributed by atoms with Crippen LogP contribution < -0.4 is 10.6 Å². The van der Waals surface area contributed by atoms with E-state index in [-0.39, 0.29) is 16.6 Å². The van der Waals surface area contributed by atoms with E-state index in [1.165, 1.54) is 0 Å². The van der Waals surface area contributed by atoms with Gasteiger partial charge in [-0.3, -0.25) is 10.1 Å². The molecule has 0 bridgehead atoms. The van der Waals surface area contributed by atoms with Crippen molar-refractivity contribution in [3.63, 3.8) is 0 Å². The van der Waals surface area contributed by atoms with Crippen molar-refractivity contribution in [3.05, 3.63) is 58.9 Å². The molecule has 2 rings (SSSR count). The molecule has 0 spiro atoms. The highest BCUT2D eigenvalue weighted by Crippen LogP contribution is 2.18. The Morgan fingerprint density at radius 2 is 1.77 bits per heavy atom. The summed E-state index contributed by atoms with van der Waals surface area (Å²) < 4.78 is 0. The van der Waals surface area contributed by atoms with E-state index in [1.807, 2.05) is 19.9 Å². The van der Waals surface area contributed by atoms with E-state index < -0.39 is 11.9 Å². The standard InChI is InChI=1S/C16H16ClN3O2/c1-10(2)13-9-8-12(14(17)19-13)15(21)20-16(22)18-11-6-4-3-5-7-11/h3-10H,1-2H3,(H2,18,20,21,22). The minimum Gasteiger partial charge on any atom is -0.308 e. The number of imide groups is 1. The van der Waals surface area contributed by atoms with Crippen LogP contribution >= 0.6 is 11.6 Å². The number of rotatable bonds is 3. The van der Waals surface area contributed by atoms with Crippen LogP contribution in [-0.2, 0) is 0 Å². The average molecular weight is 318 g/mol. The number of para-hydroxylation sites is 1. The summed E-state index contributed by atoms with van der Waals surface area (Å²) in [5.74, 6) is -0.391. The number of hydrogen-bond donors (Lipinski definition) is 2. The second kappa shape index (κ2) is 7.04. The van der Waals surface area contributed by atoms with Gasteiger partial charge < -0.3 is 5.32 Å². The lowest BCUT2D eigenvalue weighted by Crippen LogP contribution is -2.34. The molecule has 6 heteroatoms. The van der Waals surface area contributed by atoms with E-state index in [9.17, 15) is 9.59 Å². The van der Waals surface area contributed by atoms with Crippen LogP contribution in [-0.4, -0.2) is 16.9 Å². The number of carbonyl (C=O) groups is 2. The molecule has 1 aromatic carbocycles. The summed E-state index contributed by atoms with van der Waals surface area (Å²) in [4.78, 5) is 28.0. The van der Waals surface area contributed by atoms with Crippen molar-refractivity contribution in [2.75, 3.05) is 5.32 Å². The van der Waals surface area contributed by atoms with Crippen molar-refractivity contribution < 1.29 is 9.59 Å². The molecular formula is C16H16ClN3O2. The van der Waals surface area contributed by atoms with E-state index in [0.29, 0.717) is 5.69 Å². The number of pyridine rings is 1. The Hall–Kier alpha value is -2.40. The summed E-state index contributed by atoms with van der Waals surface area (Å²) in [7, 11) is 0. The zero-order valence-electron chi connectivity index (χ0n) is 12.3. The molecule has 0 atom stereocenters. The fourth-order valence-electron chi connectivity index (χ4n) is 1.79. The molecule has 1 heterocycles. The summed E-state index contributed by atoms with van der Waals surface area (Å²) in [6.45, 7) is 3.96. The second-order valence-electron chi connectivity index (χ2n) is 5.00. The second-order valence-corrected chi connectivity index (χ2v) is 5.36. The first-order valence-corrected chi connectivity index (χ1v) is 7.19. The van der Waals surface area contributed by atoms with Crippen LogP contribution in [0.5, 0.6) is 0 Å². The molecule has 1 aromatic heterocycles. The number of halogens is 1. The molecule has 0 fully saturated rings. The number of anilines is 1. The average Bonchev–Trinajstić information content (AvgIpc) is 2.47. The lowest BCUT2D eigenvalue weighted by Gasteiger charge is -2.09. The van der Waals surface area contributed by atoms with Crippen molar-refractivity contribution >= 4 is 29.2 Å². The summed E-state index contributed by atoms with van der Waals surface area (Å²) >= 11 is 6.01. The summed E-state index contributed by atoms with van der Waals surface area (Å²) in [5.41, 5.74) is 1.54. The van der Waals surface area contributed by atoms with Crippen LogP contribution in [0.25, 0.3) is 0 Å². The minimum atomic E-state index is -0.625. The molecule has 22 heavy (non-hydrogen) atoms. The first kappa shape index (κ1) is 16.0. The van der Waals surface area contributed by atoms with Gasteiger partial charge in [-0.2, -0.15) is 0 Å². The molecular weight excluding hydrogens is 302 g/mol. The summed E-state index contributed by atoms with van der Waals surface area (Å²) in [5, 5.41) is 4.86. The Balaban J connectivity index is 2.04. The zero-order valence-corrected chi connectivity index (χ0v) is 13.0. The van der Waals surface area contributed by atoms with E-state index in [4.69, 9.17) is 11.6 Å². The summed E-state index contributed by atoms with van der Waals surface area (Å²) in [6, 6.07) is 11.5. The van der Waals surface area contributed by atoms with Gasteiger partial charge in [0.15, 0.2) is 0 Å². The largest absolute Gasteiger partial charge is 0.326 e. The van der Waals surface area contributed by atoms with E-state index in [2.05, 4.69) is 15.6 Å². The zero-order chi connectivity index (χ0) is 16.1. The maximum Gasteiger partial charge on any atom is 0.326 e. The quantitative estimate of drug-likeness (QED) is 0.845. The monoisotopic (exact) mass is 317 g/mol. The van der Waals surface area contributed by atoms with Gasteiger partial charge in [-0.25, -0.2) is 9.78 Å². The molecule has 2 N–H and O–H groups in total. The third kappa shape index (κ3) is 4.05. The molecule has 0 aliphatic carbocycles. The Morgan fingerprint density at radius 3 is 2.36 bits per heavy atom. The number of nitrogens with one attached hydrogen (secondary N) is 2. The van der Waals surface area contributed by atoms with Crippen molar-refractivity contribution in [1.82, 2.24) is 10.3 Å². The topological polar surface area (TPSA) is 71.1 Å². The van der Waals surface area contributed by atoms with E-state index >= 15 is 0 Å². The fraction of sp³-hybridized carbons (Fsp3) is 0.188. The van der Waals surface area contributed by atoms with Gasteiger partial charge in [0.25, 0.3) is 5.91 Å². The highest BCUT2D eigenvalue weighted by atomic mass is 35.5. The number of aromatic nitrogens is 1. The Morgan fingerprint density at radius 1 is 1.09 bits per heavy atom. The molecule has 0 aliphatic heterocycles. The molecule has 0 aliphatic rings. The van der Waals surface area contributed by atoms with Gasteiger partial charge in [-0.15, -0.1) is 0 Å². The number of urea groups is 1. The minimum absolute atomic E-state index is 0.0798. The van der Waals surface area contributed by atoms with Crippen molar-refractivity contribution in [3.8, 4) is 0 Å². The predicted molar refractivity (Wildman–Crippen MR) is 86.3 cm³/mol. The lowest BCUT2D eigenvalue weighted by molar-refractivity contribution is 0.0967. The predicted octanol–water partition coefficient (Wildman–Crippen LogP) is 3.82. The van der Waals surface area contributed by atoms with Gasteiger partial charge in [-0.05, 0) is 30.2 Å². The van der Waals surface area contributed by atoms with Gasteiger partial charge in [0.1, 0.15) is 5.15 Å². The molecule has 0 saturated carbocycles. The van der Waals surface area contributed by atoms with Crippen LogP contribution in [0.4, 0.5) is 10.5 Å². The highest BCUT2D eigenvalue weighted by molar-refractivity contribution is 6.33. The molecule has 0 saturated heterocycles. The third-order valence-corrected chi connectivity index (χ3v) is 3.25. The van der Waals surface area contributed by atoms with Gasteiger partial charge in [0.2, 0.25) is 0 Å². The number of carbonyl (C=O) groups excluding carboxylic acids is 2. The Labute approximate surface area is 133 Å². The van der Waals surface area contributed by atoms with Gasteiger partial charge in [0.05, 0.1) is 5.56 Å². The van der Waals surface area contributed by atoms with Crippen molar-refractivity contribution in [2.45, 2.75) is 19.8 Å². The molecule has 0 radical (unpaired) electrons. The number of amides is 3. The van der Waals surface area contributed by atoms with Crippen molar-refractivity contribution in [1.29, 1.82) is 0 Å². The van der Waals surface area contributed by atoms with Gasteiger partial charge in [0, 0.05) is 11.4 Å². The molecule has 3 amide bonds. The highest BCUT2D eigenvalue weighted by Gasteiger charge is 2.15. The molecule has 2 aromatic rings. The molecule has 5 nitrogen and oxygen atoms in total. The first-order valence-electron chi connectivity index (χ1n) is 6.81. The smallest absolute Gasteiger partial charge is 0.308 e. The number of hydrogen-bond acceptors (Lipinski definition) is 3. The maximum atomic E-state index is 12.1. The third-order valence-electron chi connectivity index (χ3n) is 2.97. The van der Waals surface area contributed by atoms with E-state index in [1.54, 1.807) is 36.4 Å². The molecule has 114 valence electrons. The van der Waals surface area contributed by atoms with Crippen molar-refractivity contribution in [2.24, 2.45) is 0 Å². The Kier molecular flexibility index (Phi) is 5.12. The van der Waals surface area contributed by atoms with Crippen LogP contribution in [0.2, 0.25) is 5.15 Å². The van der Waals surface area contributed by atoms with Gasteiger partial charge in [-0.1, -0.05) is 43.6 Å². The first-order chi connectivity index (χ1) is 10.5. The van der Waals surface area contributed by atoms with Crippen LogP contribution in [0.3, 0.4) is 0 Å². The van der Waals surface area contributed by atoms with Crippen LogP contribution in [0.1, 0.15) is 35.8 Å². The number of nitrogens with zero attached hydrogens (tertiary/aromatic N) is 1. The maximum absolute atomic E-state index is 12.1.